The maximum Gasteiger partial charge on any atom is 0.254 e. The number of ether oxygens (including phenoxy) is 1. The summed E-state index contributed by atoms with van der Waals surface area (Å²) in [5.74, 6) is 0.451. The van der Waals surface area contributed by atoms with Crippen LogP contribution in [-0.2, 0) is 6.42 Å². The Labute approximate surface area is 130 Å². The van der Waals surface area contributed by atoms with Gasteiger partial charge in [-0.05, 0) is 31.0 Å². The SMILES string of the molecule is COc1ccc2c(c1O)CCN([C@H](C)c1ccccc1)C2=O. The van der Waals surface area contributed by atoms with Crippen molar-refractivity contribution in [3.8, 4) is 11.5 Å². The summed E-state index contributed by atoms with van der Waals surface area (Å²) in [7, 11) is 1.51. The Morgan fingerprint density at radius 2 is 1.91 bits per heavy atom. The second kappa shape index (κ2) is 5.72. The highest BCUT2D eigenvalue weighted by Gasteiger charge is 2.30. The molecule has 0 bridgehead atoms. The van der Waals surface area contributed by atoms with Crippen molar-refractivity contribution in [1.82, 2.24) is 4.90 Å². The zero-order valence-electron chi connectivity index (χ0n) is 12.7. The standard InChI is InChI=1S/C18H19NO3/c1-12(13-6-4-3-5-7-13)19-11-10-14-15(18(19)21)8-9-16(22-2)17(14)20/h3-9,12,20H,10-11H2,1-2H3/t12-/m1/s1. The minimum atomic E-state index is -0.0458. The number of benzene rings is 2. The van der Waals surface area contributed by atoms with Gasteiger partial charge >= 0.3 is 0 Å². The van der Waals surface area contributed by atoms with E-state index in [4.69, 9.17) is 4.74 Å². The number of fused-ring (bicyclic) bond motifs is 1. The van der Waals surface area contributed by atoms with E-state index in [0.717, 1.165) is 5.56 Å². The van der Waals surface area contributed by atoms with Crippen molar-refractivity contribution >= 4 is 5.91 Å². The Kier molecular flexibility index (Phi) is 3.75. The number of carbonyl (C=O) groups is 1. The number of phenolic OH excluding ortho intramolecular Hbond substituents is 1. The Balaban J connectivity index is 1.94. The number of amides is 1. The first-order chi connectivity index (χ1) is 10.6. The van der Waals surface area contributed by atoms with E-state index in [9.17, 15) is 9.90 Å². The van der Waals surface area contributed by atoms with Gasteiger partial charge in [0.2, 0.25) is 0 Å². The first-order valence-corrected chi connectivity index (χ1v) is 7.38. The number of rotatable bonds is 3. The summed E-state index contributed by atoms with van der Waals surface area (Å²) in [6.07, 6.45) is 0.626. The molecule has 0 saturated carbocycles. The maximum absolute atomic E-state index is 12.8. The van der Waals surface area contributed by atoms with E-state index in [-0.39, 0.29) is 17.7 Å². The first kappa shape index (κ1) is 14.4. The lowest BCUT2D eigenvalue weighted by Crippen LogP contribution is -2.39. The van der Waals surface area contributed by atoms with E-state index in [2.05, 4.69) is 0 Å². The molecule has 1 heterocycles. The number of methoxy groups -OCH3 is 1. The minimum Gasteiger partial charge on any atom is -0.504 e. The number of hydrogen-bond acceptors (Lipinski definition) is 3. The molecule has 0 saturated heterocycles. The first-order valence-electron chi connectivity index (χ1n) is 7.38. The van der Waals surface area contributed by atoms with Crippen LogP contribution in [0.4, 0.5) is 0 Å². The van der Waals surface area contributed by atoms with Gasteiger partial charge in [-0.1, -0.05) is 30.3 Å². The molecule has 1 atom stereocenters. The van der Waals surface area contributed by atoms with Crippen molar-refractivity contribution in [1.29, 1.82) is 0 Å². The van der Waals surface area contributed by atoms with Crippen molar-refractivity contribution in [2.24, 2.45) is 0 Å². The van der Waals surface area contributed by atoms with Gasteiger partial charge in [-0.3, -0.25) is 4.79 Å². The van der Waals surface area contributed by atoms with Gasteiger partial charge in [-0.25, -0.2) is 0 Å². The summed E-state index contributed by atoms with van der Waals surface area (Å²) in [5, 5.41) is 10.2. The van der Waals surface area contributed by atoms with Crippen LogP contribution in [-0.4, -0.2) is 29.6 Å². The van der Waals surface area contributed by atoms with Crippen LogP contribution in [0.1, 0.15) is 34.5 Å². The number of hydrogen-bond donors (Lipinski definition) is 1. The predicted molar refractivity (Wildman–Crippen MR) is 84.3 cm³/mol. The lowest BCUT2D eigenvalue weighted by molar-refractivity contribution is 0.0671. The molecule has 0 fully saturated rings. The molecular formula is C18H19NO3. The predicted octanol–water partition coefficient (Wildman–Crippen LogP) is 3.16. The molecule has 0 aliphatic carbocycles. The van der Waals surface area contributed by atoms with Crippen LogP contribution in [0.25, 0.3) is 0 Å². The normalized spacial score (nSPS) is 15.4. The van der Waals surface area contributed by atoms with Gasteiger partial charge in [0.25, 0.3) is 5.91 Å². The van der Waals surface area contributed by atoms with E-state index in [1.54, 1.807) is 12.1 Å². The fourth-order valence-electron chi connectivity index (χ4n) is 3.00. The molecule has 0 radical (unpaired) electrons. The van der Waals surface area contributed by atoms with E-state index in [1.807, 2.05) is 42.2 Å². The summed E-state index contributed by atoms with van der Waals surface area (Å²) in [6.45, 7) is 2.62. The second-order valence-electron chi connectivity index (χ2n) is 5.48. The highest BCUT2D eigenvalue weighted by atomic mass is 16.5. The Morgan fingerprint density at radius 1 is 1.18 bits per heavy atom. The average molecular weight is 297 g/mol. The largest absolute Gasteiger partial charge is 0.504 e. The average Bonchev–Trinajstić information content (AvgIpc) is 2.56. The summed E-state index contributed by atoms with van der Waals surface area (Å²) < 4.78 is 5.12. The summed E-state index contributed by atoms with van der Waals surface area (Å²) in [5.41, 5.74) is 2.35. The highest BCUT2D eigenvalue weighted by molar-refractivity contribution is 5.98. The second-order valence-corrected chi connectivity index (χ2v) is 5.48. The van der Waals surface area contributed by atoms with Crippen LogP contribution in [0.2, 0.25) is 0 Å². The Morgan fingerprint density at radius 3 is 2.59 bits per heavy atom. The molecule has 114 valence electrons. The van der Waals surface area contributed by atoms with Crippen molar-refractivity contribution in [3.63, 3.8) is 0 Å². The molecule has 1 N–H and O–H groups in total. The molecule has 22 heavy (non-hydrogen) atoms. The highest BCUT2D eigenvalue weighted by Crippen LogP contribution is 2.37. The monoisotopic (exact) mass is 297 g/mol. The van der Waals surface area contributed by atoms with Crippen LogP contribution in [0, 0.1) is 0 Å². The van der Waals surface area contributed by atoms with Gasteiger partial charge in [0.05, 0.1) is 13.2 Å². The third-order valence-corrected chi connectivity index (χ3v) is 4.31. The molecule has 0 unspecified atom stereocenters. The van der Waals surface area contributed by atoms with Crippen molar-refractivity contribution in [2.75, 3.05) is 13.7 Å². The summed E-state index contributed by atoms with van der Waals surface area (Å²) in [4.78, 5) is 14.6. The molecular weight excluding hydrogens is 278 g/mol. The van der Waals surface area contributed by atoms with Crippen LogP contribution >= 0.6 is 0 Å². The molecule has 1 aliphatic rings. The lowest BCUT2D eigenvalue weighted by Gasteiger charge is -2.34. The summed E-state index contributed by atoms with van der Waals surface area (Å²) in [6, 6.07) is 13.4. The van der Waals surface area contributed by atoms with Crippen LogP contribution in [0.3, 0.4) is 0 Å². The van der Waals surface area contributed by atoms with Crippen LogP contribution in [0.5, 0.6) is 11.5 Å². The van der Waals surface area contributed by atoms with Gasteiger partial charge in [0.15, 0.2) is 11.5 Å². The number of nitrogens with zero attached hydrogens (tertiary/aromatic N) is 1. The third kappa shape index (κ3) is 2.30. The smallest absolute Gasteiger partial charge is 0.254 e. The Bertz CT molecular complexity index is 697. The van der Waals surface area contributed by atoms with E-state index in [0.29, 0.717) is 29.8 Å². The van der Waals surface area contributed by atoms with Crippen molar-refractivity contribution in [3.05, 3.63) is 59.2 Å². The lowest BCUT2D eigenvalue weighted by atomic mass is 9.95. The fourth-order valence-corrected chi connectivity index (χ4v) is 3.00. The van der Waals surface area contributed by atoms with Gasteiger partial charge in [-0.2, -0.15) is 0 Å². The van der Waals surface area contributed by atoms with Crippen molar-refractivity contribution < 1.29 is 14.6 Å². The molecule has 4 heteroatoms. The van der Waals surface area contributed by atoms with Gasteiger partial charge in [0.1, 0.15) is 0 Å². The quantitative estimate of drug-likeness (QED) is 0.946. The zero-order chi connectivity index (χ0) is 15.7. The van der Waals surface area contributed by atoms with E-state index in [1.165, 1.54) is 7.11 Å². The molecule has 0 spiro atoms. The molecule has 0 aromatic heterocycles. The number of carbonyl (C=O) groups excluding carboxylic acids is 1. The molecule has 2 aromatic carbocycles. The molecule has 1 aliphatic heterocycles. The van der Waals surface area contributed by atoms with Gasteiger partial charge in [0, 0.05) is 17.7 Å². The zero-order valence-corrected chi connectivity index (χ0v) is 12.7. The summed E-state index contributed by atoms with van der Waals surface area (Å²) >= 11 is 0. The molecule has 1 amide bonds. The topological polar surface area (TPSA) is 49.8 Å². The molecule has 4 nitrogen and oxygen atoms in total. The van der Waals surface area contributed by atoms with Crippen LogP contribution in [0.15, 0.2) is 42.5 Å². The van der Waals surface area contributed by atoms with Crippen molar-refractivity contribution in [2.45, 2.75) is 19.4 Å². The van der Waals surface area contributed by atoms with Gasteiger partial charge < -0.3 is 14.7 Å². The number of phenols is 1. The maximum atomic E-state index is 12.8. The number of aromatic hydroxyl groups is 1. The van der Waals surface area contributed by atoms with Gasteiger partial charge in [-0.15, -0.1) is 0 Å². The minimum absolute atomic E-state index is 0.00564. The molecule has 3 rings (SSSR count). The fraction of sp³-hybridized carbons (Fsp3) is 0.278. The van der Waals surface area contributed by atoms with E-state index < -0.39 is 0 Å². The third-order valence-electron chi connectivity index (χ3n) is 4.31. The van der Waals surface area contributed by atoms with Crippen LogP contribution < -0.4 is 4.74 Å². The molecule has 2 aromatic rings. The van der Waals surface area contributed by atoms with E-state index >= 15 is 0 Å². The Hall–Kier alpha value is -2.49.